The van der Waals surface area contributed by atoms with Crippen LogP contribution in [0.3, 0.4) is 0 Å². The van der Waals surface area contributed by atoms with E-state index in [9.17, 15) is 24.3 Å². The van der Waals surface area contributed by atoms with E-state index < -0.39 is 46.9 Å². The van der Waals surface area contributed by atoms with Gasteiger partial charge in [-0.2, -0.15) is 0 Å². The standard InChI is InChI=1S/C23H40N4O8/c1-13(2)33-12-16(24-14(3)28)23(10-15(11-23)17(29)30)27-18(25-19(31)34-21(4,5)6)26-20(32)35-22(7,8)9/h13,15-16H,10-12H2,1-9H3,(H,24,28)(H,29,30)(H2,25,26,27,31,32). The molecule has 12 nitrogen and oxygen atoms in total. The second kappa shape index (κ2) is 11.7. The smallest absolute Gasteiger partial charge is 0.414 e. The number of guanidine groups is 1. The molecule has 4 N–H and O–H groups in total. The predicted molar refractivity (Wildman–Crippen MR) is 128 cm³/mol. The number of hydrogen-bond donors (Lipinski definition) is 4. The summed E-state index contributed by atoms with van der Waals surface area (Å²) in [6.07, 6.45) is -1.84. The van der Waals surface area contributed by atoms with Gasteiger partial charge in [0.1, 0.15) is 11.2 Å². The minimum Gasteiger partial charge on any atom is -0.481 e. The lowest BCUT2D eigenvalue weighted by atomic mass is 9.64. The molecule has 12 heteroatoms. The molecule has 1 atom stereocenters. The van der Waals surface area contributed by atoms with Gasteiger partial charge in [0.05, 0.1) is 30.2 Å². The highest BCUT2D eigenvalue weighted by Gasteiger charge is 2.53. The van der Waals surface area contributed by atoms with Crippen LogP contribution < -0.4 is 16.0 Å². The Morgan fingerprint density at radius 1 is 0.971 bits per heavy atom. The maximum atomic E-state index is 12.5. The summed E-state index contributed by atoms with van der Waals surface area (Å²) in [5.74, 6) is -2.39. The Morgan fingerprint density at radius 2 is 1.43 bits per heavy atom. The van der Waals surface area contributed by atoms with E-state index in [0.717, 1.165) is 0 Å². The van der Waals surface area contributed by atoms with Crippen LogP contribution in [0.15, 0.2) is 4.99 Å². The topological polar surface area (TPSA) is 165 Å². The summed E-state index contributed by atoms with van der Waals surface area (Å²) in [5, 5.41) is 17.1. The zero-order chi connectivity index (χ0) is 27.2. The normalized spacial score (nSPS) is 20.7. The van der Waals surface area contributed by atoms with E-state index in [1.165, 1.54) is 6.92 Å². The number of hydrogen-bond acceptors (Lipinski definition) is 8. The van der Waals surface area contributed by atoms with Crippen LogP contribution in [0.25, 0.3) is 0 Å². The number of carboxylic acids is 1. The molecule has 1 rings (SSSR count). The van der Waals surface area contributed by atoms with Crippen molar-refractivity contribution in [2.75, 3.05) is 6.61 Å². The van der Waals surface area contributed by atoms with Crippen molar-refractivity contribution < 1.29 is 38.5 Å². The lowest BCUT2D eigenvalue weighted by Gasteiger charge is -2.48. The quantitative estimate of drug-likeness (QED) is 0.306. The minimum atomic E-state index is -1.18. The number of nitrogens with zero attached hydrogens (tertiary/aromatic N) is 1. The number of carbonyl (C=O) groups excluding carboxylic acids is 3. The van der Waals surface area contributed by atoms with Gasteiger partial charge >= 0.3 is 18.2 Å². The van der Waals surface area contributed by atoms with Gasteiger partial charge in [0.25, 0.3) is 0 Å². The zero-order valence-corrected chi connectivity index (χ0v) is 22.1. The highest BCUT2D eigenvalue weighted by Crippen LogP contribution is 2.44. The first-order valence-corrected chi connectivity index (χ1v) is 11.5. The Bertz CT molecular complexity index is 788. The molecular weight excluding hydrogens is 460 g/mol. The molecule has 0 aliphatic heterocycles. The van der Waals surface area contributed by atoms with Crippen molar-refractivity contribution in [1.82, 2.24) is 16.0 Å². The van der Waals surface area contributed by atoms with Crippen molar-refractivity contribution in [3.8, 4) is 0 Å². The predicted octanol–water partition coefficient (Wildman–Crippen LogP) is 2.55. The summed E-state index contributed by atoms with van der Waals surface area (Å²) in [6.45, 7) is 15.0. The van der Waals surface area contributed by atoms with Crippen molar-refractivity contribution in [1.29, 1.82) is 0 Å². The third-order valence-electron chi connectivity index (χ3n) is 4.74. The molecule has 1 unspecified atom stereocenters. The van der Waals surface area contributed by atoms with Crippen molar-refractivity contribution in [3.05, 3.63) is 0 Å². The maximum Gasteiger partial charge on any atom is 0.414 e. The number of aliphatic carboxylic acids is 1. The van der Waals surface area contributed by atoms with Crippen LogP contribution in [0.2, 0.25) is 0 Å². The summed E-state index contributed by atoms with van der Waals surface area (Å²) in [7, 11) is 0. The van der Waals surface area contributed by atoms with Crippen LogP contribution >= 0.6 is 0 Å². The van der Waals surface area contributed by atoms with Crippen molar-refractivity contribution in [2.24, 2.45) is 10.9 Å². The molecule has 0 radical (unpaired) electrons. The Balaban J connectivity index is 3.41. The lowest BCUT2D eigenvalue weighted by molar-refractivity contribution is -0.148. The highest BCUT2D eigenvalue weighted by molar-refractivity contribution is 6.01. The number of carbonyl (C=O) groups is 4. The average molecular weight is 501 g/mol. The maximum absolute atomic E-state index is 12.5. The van der Waals surface area contributed by atoms with Crippen molar-refractivity contribution >= 4 is 30.0 Å². The third-order valence-corrected chi connectivity index (χ3v) is 4.74. The molecule has 0 aromatic carbocycles. The van der Waals surface area contributed by atoms with E-state index in [1.807, 2.05) is 13.8 Å². The number of nitrogens with one attached hydrogen (secondary N) is 3. The molecule has 1 fully saturated rings. The fourth-order valence-electron chi connectivity index (χ4n) is 3.40. The first-order valence-electron chi connectivity index (χ1n) is 11.5. The van der Waals surface area contributed by atoms with Crippen LogP contribution in [-0.4, -0.2) is 70.6 Å². The molecule has 1 aliphatic carbocycles. The van der Waals surface area contributed by atoms with Gasteiger partial charge in [-0.1, -0.05) is 0 Å². The fourth-order valence-corrected chi connectivity index (χ4v) is 3.40. The van der Waals surface area contributed by atoms with Gasteiger partial charge in [-0.3, -0.25) is 20.2 Å². The van der Waals surface area contributed by atoms with E-state index in [1.54, 1.807) is 41.5 Å². The fraction of sp³-hybridized carbons (Fsp3) is 0.783. The Hall–Kier alpha value is -2.89. The first-order chi connectivity index (χ1) is 15.8. The molecular formula is C23H40N4O8. The average Bonchev–Trinajstić information content (AvgIpc) is 2.57. The second-order valence-corrected chi connectivity index (χ2v) is 10.9. The Morgan fingerprint density at radius 3 is 1.77 bits per heavy atom. The largest absolute Gasteiger partial charge is 0.481 e. The van der Waals surface area contributed by atoms with E-state index >= 15 is 0 Å². The number of aliphatic imine (C=N–C) groups is 1. The van der Waals surface area contributed by atoms with E-state index in [2.05, 4.69) is 20.9 Å². The van der Waals surface area contributed by atoms with Crippen LogP contribution in [0, 0.1) is 5.92 Å². The van der Waals surface area contributed by atoms with E-state index in [4.69, 9.17) is 14.2 Å². The van der Waals surface area contributed by atoms with Gasteiger partial charge in [-0.25, -0.2) is 14.6 Å². The molecule has 0 spiro atoms. The second-order valence-electron chi connectivity index (χ2n) is 10.9. The number of ether oxygens (including phenoxy) is 3. The van der Waals surface area contributed by atoms with Crippen molar-refractivity contribution in [2.45, 2.75) is 104 Å². The highest BCUT2D eigenvalue weighted by atomic mass is 16.6. The van der Waals surface area contributed by atoms with Crippen LogP contribution in [0.4, 0.5) is 9.59 Å². The molecule has 35 heavy (non-hydrogen) atoms. The van der Waals surface area contributed by atoms with Crippen molar-refractivity contribution in [3.63, 3.8) is 0 Å². The van der Waals surface area contributed by atoms with Gasteiger partial charge < -0.3 is 24.6 Å². The van der Waals surface area contributed by atoms with Gasteiger partial charge in [0, 0.05) is 6.92 Å². The van der Waals surface area contributed by atoms with E-state index in [-0.39, 0.29) is 37.4 Å². The van der Waals surface area contributed by atoms with Gasteiger partial charge in [0.15, 0.2) is 0 Å². The summed E-state index contributed by atoms with van der Waals surface area (Å²) in [4.78, 5) is 53.0. The lowest BCUT2D eigenvalue weighted by Crippen LogP contribution is -2.63. The number of alkyl carbamates (subject to hydrolysis) is 2. The molecule has 0 aromatic rings. The Kier molecular flexibility index (Phi) is 10.1. The molecule has 200 valence electrons. The first kappa shape index (κ1) is 30.1. The number of amides is 3. The number of carboxylic acid groups (broad SMARTS) is 1. The van der Waals surface area contributed by atoms with Gasteiger partial charge in [0.2, 0.25) is 11.9 Å². The summed E-state index contributed by atoms with van der Waals surface area (Å²) < 4.78 is 16.2. The van der Waals surface area contributed by atoms with Gasteiger partial charge in [-0.15, -0.1) is 0 Å². The summed E-state index contributed by atoms with van der Waals surface area (Å²) in [5.41, 5.74) is -2.83. The van der Waals surface area contributed by atoms with Gasteiger partial charge in [-0.05, 0) is 68.2 Å². The van der Waals surface area contributed by atoms with Crippen LogP contribution in [0.1, 0.15) is 75.2 Å². The SMILES string of the molecule is CC(=O)NC(COC(C)C)C1(N=C(NC(=O)OC(C)(C)C)NC(=O)OC(C)(C)C)CC(C(=O)O)C1. The summed E-state index contributed by atoms with van der Waals surface area (Å²) >= 11 is 0. The monoisotopic (exact) mass is 500 g/mol. The zero-order valence-electron chi connectivity index (χ0n) is 22.1. The Labute approximate surface area is 206 Å². The third kappa shape index (κ3) is 10.9. The molecule has 0 heterocycles. The molecule has 0 saturated heterocycles. The minimum absolute atomic E-state index is 0.0409. The molecule has 0 aromatic heterocycles. The molecule has 0 bridgehead atoms. The summed E-state index contributed by atoms with van der Waals surface area (Å²) in [6, 6.07) is -0.728. The molecule has 3 amide bonds. The molecule has 1 saturated carbocycles. The molecule has 1 aliphatic rings. The van der Waals surface area contributed by atoms with Crippen LogP contribution in [-0.2, 0) is 23.8 Å². The van der Waals surface area contributed by atoms with E-state index in [0.29, 0.717) is 0 Å². The van der Waals surface area contributed by atoms with Crippen LogP contribution in [0.5, 0.6) is 0 Å². The number of rotatable bonds is 7.